The molecule has 0 unspecified atom stereocenters. The van der Waals surface area contributed by atoms with Gasteiger partial charge in [0.1, 0.15) is 0 Å². The normalized spacial score (nSPS) is 15.0. The van der Waals surface area contributed by atoms with Crippen LogP contribution in [-0.4, -0.2) is 10.8 Å². The molecular formula is C8H9NOS. The van der Waals surface area contributed by atoms with Crippen molar-refractivity contribution >= 4 is 17.1 Å². The molecular weight excluding hydrogens is 158 g/mol. The topological polar surface area (TPSA) is 30.0 Å². The fourth-order valence-electron chi connectivity index (χ4n) is 1.34. The minimum atomic E-state index is 0.101. The molecule has 0 aromatic carbocycles. The number of carbonyl (C=O) groups is 1. The van der Waals surface area contributed by atoms with Crippen molar-refractivity contribution in [3.8, 4) is 0 Å². The summed E-state index contributed by atoms with van der Waals surface area (Å²) in [6.07, 6.45) is 3.41. The summed E-state index contributed by atoms with van der Waals surface area (Å²) in [6, 6.07) is 0. The molecule has 1 aromatic heterocycles. The molecule has 1 aliphatic rings. The summed E-state index contributed by atoms with van der Waals surface area (Å²) in [5, 5.41) is 0.690. The van der Waals surface area contributed by atoms with E-state index < -0.39 is 0 Å². The number of nitrogens with zero attached hydrogens (tertiary/aromatic N) is 1. The smallest absolute Gasteiger partial charge is 0.188 e. The van der Waals surface area contributed by atoms with Crippen LogP contribution < -0.4 is 0 Å². The maximum Gasteiger partial charge on any atom is 0.188 e. The minimum Gasteiger partial charge on any atom is -0.292 e. The molecule has 0 aliphatic heterocycles. The molecule has 1 aliphatic carbocycles. The van der Waals surface area contributed by atoms with Crippen LogP contribution in [0.3, 0.4) is 0 Å². The minimum absolute atomic E-state index is 0.101. The Morgan fingerprint density at radius 1 is 1.55 bits per heavy atom. The second-order valence-electron chi connectivity index (χ2n) is 2.80. The van der Waals surface area contributed by atoms with Crippen LogP contribution >= 0.6 is 11.3 Å². The highest BCUT2D eigenvalue weighted by atomic mass is 32.1. The van der Waals surface area contributed by atoms with E-state index in [9.17, 15) is 4.79 Å². The van der Waals surface area contributed by atoms with Crippen molar-refractivity contribution in [2.45, 2.75) is 26.2 Å². The molecule has 0 N–H and O–H groups in total. The van der Waals surface area contributed by atoms with Gasteiger partial charge in [-0.25, -0.2) is 4.98 Å². The van der Waals surface area contributed by atoms with Gasteiger partial charge >= 0.3 is 0 Å². The number of ketones is 1. The van der Waals surface area contributed by atoms with E-state index in [0.29, 0.717) is 5.01 Å². The van der Waals surface area contributed by atoms with E-state index in [0.717, 1.165) is 12.8 Å². The summed E-state index contributed by atoms with van der Waals surface area (Å²) < 4.78 is 0. The van der Waals surface area contributed by atoms with E-state index in [1.54, 1.807) is 18.3 Å². The van der Waals surface area contributed by atoms with Crippen LogP contribution in [0, 0.1) is 0 Å². The van der Waals surface area contributed by atoms with Crippen LogP contribution in [0.2, 0.25) is 0 Å². The molecule has 0 saturated carbocycles. The van der Waals surface area contributed by atoms with Gasteiger partial charge in [0.25, 0.3) is 0 Å². The van der Waals surface area contributed by atoms with Crippen LogP contribution in [-0.2, 0) is 12.8 Å². The Morgan fingerprint density at radius 2 is 2.36 bits per heavy atom. The van der Waals surface area contributed by atoms with Gasteiger partial charge in [-0.2, -0.15) is 0 Å². The zero-order valence-electron chi connectivity index (χ0n) is 6.39. The standard InChI is InChI=1S/C8H9NOS/c1-5(10)8-9-6-3-2-4-7(6)11-8/h2-4H2,1H3. The second kappa shape index (κ2) is 2.41. The Bertz CT molecular complexity index is 282. The number of rotatable bonds is 1. The number of carbonyl (C=O) groups excluding carboxylic acids is 1. The molecule has 11 heavy (non-hydrogen) atoms. The third-order valence-electron chi connectivity index (χ3n) is 1.90. The summed E-state index contributed by atoms with van der Waals surface area (Å²) >= 11 is 1.57. The third-order valence-corrected chi connectivity index (χ3v) is 3.16. The van der Waals surface area contributed by atoms with Gasteiger partial charge in [-0.1, -0.05) is 0 Å². The van der Waals surface area contributed by atoms with Gasteiger partial charge in [0.2, 0.25) is 0 Å². The van der Waals surface area contributed by atoms with Gasteiger partial charge in [-0.05, 0) is 19.3 Å². The zero-order chi connectivity index (χ0) is 7.84. The van der Waals surface area contributed by atoms with Crippen LogP contribution in [0.25, 0.3) is 0 Å². The van der Waals surface area contributed by atoms with Crippen molar-refractivity contribution in [1.29, 1.82) is 0 Å². The van der Waals surface area contributed by atoms with Crippen LogP contribution in [0.1, 0.15) is 33.7 Å². The first-order valence-electron chi connectivity index (χ1n) is 3.77. The molecule has 0 fully saturated rings. The van der Waals surface area contributed by atoms with Crippen LogP contribution in [0.15, 0.2) is 0 Å². The monoisotopic (exact) mass is 167 g/mol. The van der Waals surface area contributed by atoms with E-state index >= 15 is 0 Å². The molecule has 0 radical (unpaired) electrons. The lowest BCUT2D eigenvalue weighted by atomic mass is 10.4. The molecule has 0 bridgehead atoms. The van der Waals surface area contributed by atoms with E-state index in [-0.39, 0.29) is 5.78 Å². The average Bonchev–Trinajstić information content (AvgIpc) is 2.40. The van der Waals surface area contributed by atoms with Gasteiger partial charge in [-0.15, -0.1) is 11.3 Å². The number of fused-ring (bicyclic) bond motifs is 1. The maximum absolute atomic E-state index is 10.9. The van der Waals surface area contributed by atoms with Crippen molar-refractivity contribution in [1.82, 2.24) is 4.98 Å². The van der Waals surface area contributed by atoms with Gasteiger partial charge in [0.05, 0.1) is 5.69 Å². The fraction of sp³-hybridized carbons (Fsp3) is 0.500. The van der Waals surface area contributed by atoms with Gasteiger partial charge in [0, 0.05) is 11.8 Å². The molecule has 0 saturated heterocycles. The Balaban J connectivity index is 2.42. The summed E-state index contributed by atoms with van der Waals surface area (Å²) in [6.45, 7) is 1.58. The number of Topliss-reactive ketones (excluding diaryl/α,β-unsaturated/α-hetero) is 1. The molecule has 58 valence electrons. The fourth-order valence-corrected chi connectivity index (χ4v) is 2.39. The van der Waals surface area contributed by atoms with E-state index in [1.165, 1.54) is 17.0 Å². The van der Waals surface area contributed by atoms with Crippen molar-refractivity contribution in [3.63, 3.8) is 0 Å². The lowest BCUT2D eigenvalue weighted by Gasteiger charge is -1.84. The Morgan fingerprint density at radius 3 is 3.00 bits per heavy atom. The van der Waals surface area contributed by atoms with Crippen molar-refractivity contribution in [2.24, 2.45) is 0 Å². The summed E-state index contributed by atoms with van der Waals surface area (Å²) in [5.41, 5.74) is 1.17. The average molecular weight is 167 g/mol. The summed E-state index contributed by atoms with van der Waals surface area (Å²) in [5.74, 6) is 0.101. The number of aromatic nitrogens is 1. The molecule has 3 heteroatoms. The molecule has 2 rings (SSSR count). The highest BCUT2D eigenvalue weighted by Gasteiger charge is 2.17. The molecule has 0 amide bonds. The Hall–Kier alpha value is -0.700. The van der Waals surface area contributed by atoms with E-state index in [2.05, 4.69) is 4.98 Å². The first-order valence-corrected chi connectivity index (χ1v) is 4.58. The lowest BCUT2D eigenvalue weighted by Crippen LogP contribution is -1.90. The van der Waals surface area contributed by atoms with Crippen molar-refractivity contribution in [2.75, 3.05) is 0 Å². The first-order chi connectivity index (χ1) is 5.27. The van der Waals surface area contributed by atoms with E-state index in [4.69, 9.17) is 0 Å². The highest BCUT2D eigenvalue weighted by Crippen LogP contribution is 2.27. The molecule has 1 heterocycles. The quantitative estimate of drug-likeness (QED) is 0.597. The van der Waals surface area contributed by atoms with Crippen LogP contribution in [0.5, 0.6) is 0 Å². The number of hydrogen-bond acceptors (Lipinski definition) is 3. The number of thiazole rings is 1. The third kappa shape index (κ3) is 1.09. The summed E-state index contributed by atoms with van der Waals surface area (Å²) in [7, 11) is 0. The predicted molar refractivity (Wildman–Crippen MR) is 44.1 cm³/mol. The Labute approximate surface area is 69.3 Å². The molecule has 0 atom stereocenters. The number of hydrogen-bond donors (Lipinski definition) is 0. The lowest BCUT2D eigenvalue weighted by molar-refractivity contribution is 0.101. The number of aryl methyl sites for hydroxylation is 2. The first kappa shape index (κ1) is 6.98. The zero-order valence-corrected chi connectivity index (χ0v) is 7.20. The second-order valence-corrected chi connectivity index (χ2v) is 3.88. The van der Waals surface area contributed by atoms with Crippen LogP contribution in [0.4, 0.5) is 0 Å². The van der Waals surface area contributed by atoms with Crippen molar-refractivity contribution in [3.05, 3.63) is 15.6 Å². The molecule has 1 aromatic rings. The summed E-state index contributed by atoms with van der Waals surface area (Å²) in [4.78, 5) is 16.5. The largest absolute Gasteiger partial charge is 0.292 e. The van der Waals surface area contributed by atoms with Crippen molar-refractivity contribution < 1.29 is 4.79 Å². The SMILES string of the molecule is CC(=O)c1nc2c(s1)CCC2. The highest BCUT2D eigenvalue weighted by molar-refractivity contribution is 7.13. The van der Waals surface area contributed by atoms with Gasteiger partial charge in [-0.3, -0.25) is 4.79 Å². The maximum atomic E-state index is 10.9. The van der Waals surface area contributed by atoms with Gasteiger partial charge in [0.15, 0.2) is 10.8 Å². The molecule has 2 nitrogen and oxygen atoms in total. The predicted octanol–water partition coefficient (Wildman–Crippen LogP) is 1.83. The molecule has 0 spiro atoms. The van der Waals surface area contributed by atoms with Gasteiger partial charge < -0.3 is 0 Å². The Kier molecular flexibility index (Phi) is 1.53. The van der Waals surface area contributed by atoms with E-state index in [1.807, 2.05) is 0 Å².